The van der Waals surface area contributed by atoms with Crippen LogP contribution in [0.1, 0.15) is 5.56 Å². The van der Waals surface area contributed by atoms with Crippen LogP contribution in [0.3, 0.4) is 0 Å². The van der Waals surface area contributed by atoms with Gasteiger partial charge in [-0.1, -0.05) is 0 Å². The fourth-order valence-corrected chi connectivity index (χ4v) is 0.926. The SMILES string of the molecule is Nc1ccc(N)c(C=NCCO)c1. The Labute approximate surface area is 76.9 Å². The predicted molar refractivity (Wildman–Crippen MR) is 54.8 cm³/mol. The van der Waals surface area contributed by atoms with E-state index in [-0.39, 0.29) is 6.61 Å². The van der Waals surface area contributed by atoms with Crippen molar-refractivity contribution in [1.29, 1.82) is 0 Å². The van der Waals surface area contributed by atoms with E-state index in [0.717, 1.165) is 5.56 Å². The van der Waals surface area contributed by atoms with Crippen LogP contribution < -0.4 is 11.5 Å². The van der Waals surface area contributed by atoms with E-state index in [0.29, 0.717) is 17.9 Å². The third-order valence-electron chi connectivity index (χ3n) is 1.57. The number of nitrogens with two attached hydrogens (primary N) is 2. The van der Waals surface area contributed by atoms with Gasteiger partial charge in [-0.3, -0.25) is 4.99 Å². The molecule has 0 spiro atoms. The highest BCUT2D eigenvalue weighted by atomic mass is 16.3. The number of anilines is 2. The van der Waals surface area contributed by atoms with E-state index in [9.17, 15) is 0 Å². The quantitative estimate of drug-likeness (QED) is 0.459. The summed E-state index contributed by atoms with van der Waals surface area (Å²) in [6.07, 6.45) is 1.61. The molecule has 0 radical (unpaired) electrons. The van der Waals surface area contributed by atoms with Crippen molar-refractivity contribution in [3.05, 3.63) is 23.8 Å². The summed E-state index contributed by atoms with van der Waals surface area (Å²) in [5.74, 6) is 0. The number of benzene rings is 1. The first kappa shape index (κ1) is 9.54. The van der Waals surface area contributed by atoms with Crippen molar-refractivity contribution in [2.24, 2.45) is 4.99 Å². The van der Waals surface area contributed by atoms with Gasteiger partial charge in [0, 0.05) is 23.2 Å². The molecule has 0 heterocycles. The molecule has 0 aromatic heterocycles. The van der Waals surface area contributed by atoms with Gasteiger partial charge in [-0.2, -0.15) is 0 Å². The third kappa shape index (κ3) is 2.76. The number of nitrogens with zero attached hydrogens (tertiary/aromatic N) is 1. The summed E-state index contributed by atoms with van der Waals surface area (Å²) in [5, 5.41) is 8.50. The topological polar surface area (TPSA) is 84.6 Å². The second-order valence-electron chi connectivity index (χ2n) is 2.65. The van der Waals surface area contributed by atoms with E-state index in [2.05, 4.69) is 4.99 Å². The van der Waals surface area contributed by atoms with Gasteiger partial charge in [-0.05, 0) is 18.2 Å². The molecule has 0 unspecified atom stereocenters. The number of hydrogen-bond donors (Lipinski definition) is 3. The van der Waals surface area contributed by atoms with E-state index < -0.39 is 0 Å². The average molecular weight is 179 g/mol. The van der Waals surface area contributed by atoms with Crippen molar-refractivity contribution in [1.82, 2.24) is 0 Å². The minimum atomic E-state index is 0.0404. The Hall–Kier alpha value is -1.55. The highest BCUT2D eigenvalue weighted by Crippen LogP contribution is 2.12. The van der Waals surface area contributed by atoms with Crippen LogP contribution >= 0.6 is 0 Å². The van der Waals surface area contributed by atoms with Gasteiger partial charge in [-0.15, -0.1) is 0 Å². The standard InChI is InChI=1S/C9H13N3O/c10-8-1-2-9(11)7(5-8)6-12-3-4-13/h1-2,5-6,13H,3-4,10-11H2. The highest BCUT2D eigenvalue weighted by Gasteiger charge is 1.95. The van der Waals surface area contributed by atoms with Crippen LogP contribution in [0.2, 0.25) is 0 Å². The van der Waals surface area contributed by atoms with Crippen LogP contribution in [0.5, 0.6) is 0 Å². The van der Waals surface area contributed by atoms with Crippen molar-refractivity contribution >= 4 is 17.6 Å². The lowest BCUT2D eigenvalue weighted by atomic mass is 10.2. The van der Waals surface area contributed by atoms with Crippen molar-refractivity contribution in [2.45, 2.75) is 0 Å². The molecule has 1 rings (SSSR count). The fraction of sp³-hybridized carbons (Fsp3) is 0.222. The molecule has 13 heavy (non-hydrogen) atoms. The zero-order chi connectivity index (χ0) is 9.68. The van der Waals surface area contributed by atoms with Crippen molar-refractivity contribution in [3.8, 4) is 0 Å². The Kier molecular flexibility index (Phi) is 3.28. The average Bonchev–Trinajstić information content (AvgIpc) is 2.11. The third-order valence-corrected chi connectivity index (χ3v) is 1.57. The number of rotatable bonds is 3. The van der Waals surface area contributed by atoms with Gasteiger partial charge in [-0.25, -0.2) is 0 Å². The van der Waals surface area contributed by atoms with Crippen LogP contribution in [-0.4, -0.2) is 24.5 Å². The molecular weight excluding hydrogens is 166 g/mol. The fourth-order valence-electron chi connectivity index (χ4n) is 0.926. The smallest absolute Gasteiger partial charge is 0.0626 e. The van der Waals surface area contributed by atoms with Gasteiger partial charge in [0.1, 0.15) is 0 Å². The van der Waals surface area contributed by atoms with Gasteiger partial charge in [0.15, 0.2) is 0 Å². The number of aliphatic hydroxyl groups excluding tert-OH is 1. The Morgan fingerprint density at radius 3 is 2.85 bits per heavy atom. The summed E-state index contributed by atoms with van der Waals surface area (Å²) in [6, 6.07) is 5.21. The molecule has 0 aliphatic carbocycles. The Morgan fingerprint density at radius 1 is 1.38 bits per heavy atom. The predicted octanol–water partition coefficient (Wildman–Crippen LogP) is 0.262. The maximum absolute atomic E-state index is 8.50. The van der Waals surface area contributed by atoms with Gasteiger partial charge >= 0.3 is 0 Å². The minimum Gasteiger partial charge on any atom is -0.399 e. The molecule has 0 aliphatic rings. The molecule has 0 fully saturated rings. The first-order chi connectivity index (χ1) is 6.24. The Morgan fingerprint density at radius 2 is 2.15 bits per heavy atom. The van der Waals surface area contributed by atoms with E-state index in [1.807, 2.05) is 0 Å². The molecular formula is C9H13N3O. The van der Waals surface area contributed by atoms with E-state index in [1.165, 1.54) is 0 Å². The van der Waals surface area contributed by atoms with Gasteiger partial charge in [0.25, 0.3) is 0 Å². The zero-order valence-electron chi connectivity index (χ0n) is 7.27. The molecule has 0 aliphatic heterocycles. The number of aliphatic imine (C=N–C) groups is 1. The molecule has 0 atom stereocenters. The summed E-state index contributed by atoms with van der Waals surface area (Å²) in [7, 11) is 0. The summed E-state index contributed by atoms with van der Waals surface area (Å²) in [6.45, 7) is 0.424. The maximum Gasteiger partial charge on any atom is 0.0626 e. The normalized spacial score (nSPS) is 10.8. The minimum absolute atomic E-state index is 0.0404. The van der Waals surface area contributed by atoms with E-state index in [1.54, 1.807) is 24.4 Å². The summed E-state index contributed by atoms with van der Waals surface area (Å²) in [5.41, 5.74) is 13.3. The van der Waals surface area contributed by atoms with E-state index in [4.69, 9.17) is 16.6 Å². The van der Waals surface area contributed by atoms with Gasteiger partial charge < -0.3 is 16.6 Å². The maximum atomic E-state index is 8.50. The first-order valence-corrected chi connectivity index (χ1v) is 3.99. The molecule has 0 saturated heterocycles. The number of aliphatic hydroxyl groups is 1. The second kappa shape index (κ2) is 4.47. The lowest BCUT2D eigenvalue weighted by molar-refractivity contribution is 0.307. The molecule has 4 nitrogen and oxygen atoms in total. The largest absolute Gasteiger partial charge is 0.399 e. The summed E-state index contributed by atoms with van der Waals surface area (Å²) < 4.78 is 0. The zero-order valence-corrected chi connectivity index (χ0v) is 7.27. The van der Waals surface area contributed by atoms with Crippen LogP contribution in [0.25, 0.3) is 0 Å². The second-order valence-corrected chi connectivity index (χ2v) is 2.65. The molecule has 70 valence electrons. The Bertz CT molecular complexity index is 310. The van der Waals surface area contributed by atoms with E-state index >= 15 is 0 Å². The van der Waals surface area contributed by atoms with Crippen LogP contribution in [0, 0.1) is 0 Å². The first-order valence-electron chi connectivity index (χ1n) is 3.99. The van der Waals surface area contributed by atoms with Gasteiger partial charge in [0.05, 0.1) is 13.2 Å². The van der Waals surface area contributed by atoms with Crippen molar-refractivity contribution in [2.75, 3.05) is 24.6 Å². The van der Waals surface area contributed by atoms with Crippen LogP contribution in [0.4, 0.5) is 11.4 Å². The van der Waals surface area contributed by atoms with Crippen molar-refractivity contribution in [3.63, 3.8) is 0 Å². The lowest BCUT2D eigenvalue weighted by Crippen LogP contribution is -1.96. The summed E-state index contributed by atoms with van der Waals surface area (Å²) >= 11 is 0. The molecule has 0 saturated carbocycles. The number of hydrogen-bond acceptors (Lipinski definition) is 4. The molecule has 0 bridgehead atoms. The van der Waals surface area contributed by atoms with Crippen LogP contribution in [-0.2, 0) is 0 Å². The highest BCUT2D eigenvalue weighted by molar-refractivity contribution is 5.88. The summed E-state index contributed by atoms with van der Waals surface area (Å²) in [4.78, 5) is 3.95. The molecule has 1 aromatic rings. The lowest BCUT2D eigenvalue weighted by Gasteiger charge is -2.00. The monoisotopic (exact) mass is 179 g/mol. The number of nitrogen functional groups attached to an aromatic ring is 2. The molecule has 1 aromatic carbocycles. The van der Waals surface area contributed by atoms with Gasteiger partial charge in [0.2, 0.25) is 0 Å². The molecule has 5 N–H and O–H groups in total. The Balaban J connectivity index is 2.81. The molecule has 0 amide bonds. The van der Waals surface area contributed by atoms with Crippen LogP contribution in [0.15, 0.2) is 23.2 Å². The molecule has 4 heteroatoms. The van der Waals surface area contributed by atoms with Crippen molar-refractivity contribution < 1.29 is 5.11 Å².